The Morgan fingerprint density at radius 2 is 1.79 bits per heavy atom. The molecule has 3 rings (SSSR count). The van der Waals surface area contributed by atoms with Crippen molar-refractivity contribution >= 4 is 27.6 Å². The first-order valence-electron chi connectivity index (χ1n) is 10.8. The van der Waals surface area contributed by atoms with Gasteiger partial charge < -0.3 is 19.0 Å². The van der Waals surface area contributed by atoms with Crippen molar-refractivity contribution in [1.29, 1.82) is 0 Å². The number of carbonyl (C=O) groups is 3. The summed E-state index contributed by atoms with van der Waals surface area (Å²) in [5.41, 5.74) is 0.235. The largest absolute Gasteiger partial charge is 0.466 e. The van der Waals surface area contributed by atoms with E-state index in [4.69, 9.17) is 9.15 Å². The summed E-state index contributed by atoms with van der Waals surface area (Å²) in [6.07, 6.45) is 2.29. The van der Waals surface area contributed by atoms with Crippen LogP contribution in [-0.2, 0) is 29.9 Å². The van der Waals surface area contributed by atoms with Crippen molar-refractivity contribution in [3.63, 3.8) is 0 Å². The molecule has 2 heterocycles. The number of ether oxygens (including phenoxy) is 1. The van der Waals surface area contributed by atoms with E-state index in [9.17, 15) is 22.8 Å². The fraction of sp³-hybridized carbons (Fsp3) is 0.435. The summed E-state index contributed by atoms with van der Waals surface area (Å²) in [6, 6.07) is 9.41. The highest BCUT2D eigenvalue weighted by Gasteiger charge is 2.30. The number of benzene rings is 1. The number of hydrogen-bond acceptors (Lipinski definition) is 7. The Kier molecular flexibility index (Phi) is 7.91. The number of piperidine rings is 1. The fourth-order valence-corrected chi connectivity index (χ4v) is 5.10. The number of sulfone groups is 1. The van der Waals surface area contributed by atoms with Crippen LogP contribution in [0.5, 0.6) is 0 Å². The lowest BCUT2D eigenvalue weighted by atomic mass is 9.97. The zero-order chi connectivity index (χ0) is 24.0. The number of rotatable bonds is 8. The molecule has 0 saturated carbocycles. The number of esters is 1. The van der Waals surface area contributed by atoms with Crippen LogP contribution in [0.25, 0.3) is 0 Å². The quantitative estimate of drug-likeness (QED) is 0.536. The van der Waals surface area contributed by atoms with E-state index in [0.717, 1.165) is 0 Å². The van der Waals surface area contributed by atoms with Crippen LogP contribution in [0.4, 0.5) is 0 Å². The predicted octanol–water partition coefficient (Wildman–Crippen LogP) is 2.13. The third-order valence-corrected chi connectivity index (χ3v) is 7.26. The van der Waals surface area contributed by atoms with Crippen LogP contribution >= 0.6 is 0 Å². The number of hydrogen-bond donors (Lipinski definition) is 0. The van der Waals surface area contributed by atoms with E-state index >= 15 is 0 Å². The highest BCUT2D eigenvalue weighted by atomic mass is 32.2. The van der Waals surface area contributed by atoms with Gasteiger partial charge in [-0.3, -0.25) is 14.4 Å². The van der Waals surface area contributed by atoms with Crippen molar-refractivity contribution in [3.8, 4) is 0 Å². The molecule has 0 unspecified atom stereocenters. The molecule has 0 atom stereocenters. The van der Waals surface area contributed by atoms with Gasteiger partial charge in [-0.25, -0.2) is 8.42 Å². The topological polar surface area (TPSA) is 114 Å². The van der Waals surface area contributed by atoms with Gasteiger partial charge in [-0.15, -0.1) is 0 Å². The summed E-state index contributed by atoms with van der Waals surface area (Å²) in [5.74, 6) is -1.78. The maximum Gasteiger partial charge on any atom is 0.309 e. The number of nitrogens with zero attached hydrogens (tertiary/aromatic N) is 2. The first kappa shape index (κ1) is 24.5. The summed E-state index contributed by atoms with van der Waals surface area (Å²) in [5, 5.41) is 0. The monoisotopic (exact) mass is 476 g/mol. The van der Waals surface area contributed by atoms with Crippen LogP contribution < -0.4 is 0 Å². The van der Waals surface area contributed by atoms with Gasteiger partial charge >= 0.3 is 5.97 Å². The van der Waals surface area contributed by atoms with Gasteiger partial charge in [0.1, 0.15) is 0 Å². The fourth-order valence-electron chi connectivity index (χ4n) is 3.73. The van der Waals surface area contributed by atoms with Crippen LogP contribution in [0.1, 0.15) is 35.9 Å². The Hall–Kier alpha value is -3.14. The Morgan fingerprint density at radius 1 is 1.12 bits per heavy atom. The summed E-state index contributed by atoms with van der Waals surface area (Å²) in [4.78, 5) is 40.4. The maximum absolute atomic E-state index is 12.9. The molecule has 33 heavy (non-hydrogen) atoms. The standard InChI is InChI=1S/C23H28N2O7S/c1-3-31-23(28)17-9-12-25(13-10-17)20(26)15-24(2)22(27)21-18(11-14-32-21)16-33(29,30)19-7-5-4-6-8-19/h4-8,11,14,17H,3,9-10,12-13,15-16H2,1-2H3. The van der Waals surface area contributed by atoms with Gasteiger partial charge in [0.05, 0.1) is 36.0 Å². The average Bonchev–Trinajstić information content (AvgIpc) is 3.26. The zero-order valence-electron chi connectivity index (χ0n) is 18.7. The van der Waals surface area contributed by atoms with E-state index in [-0.39, 0.29) is 40.6 Å². The van der Waals surface area contributed by atoms with Crippen LogP contribution in [0.15, 0.2) is 52.0 Å². The minimum atomic E-state index is -3.67. The van der Waals surface area contributed by atoms with Gasteiger partial charge in [-0.1, -0.05) is 18.2 Å². The van der Waals surface area contributed by atoms with Crippen molar-refractivity contribution < 1.29 is 32.0 Å². The van der Waals surface area contributed by atoms with Crippen LogP contribution in [0.3, 0.4) is 0 Å². The smallest absolute Gasteiger partial charge is 0.309 e. The molecule has 2 amide bonds. The first-order valence-corrected chi connectivity index (χ1v) is 12.4. The molecule has 1 saturated heterocycles. The Labute approximate surface area is 193 Å². The molecule has 0 bridgehead atoms. The molecule has 1 aromatic carbocycles. The summed E-state index contributed by atoms with van der Waals surface area (Å²) in [7, 11) is -2.20. The summed E-state index contributed by atoms with van der Waals surface area (Å²) >= 11 is 0. The molecule has 1 aliphatic heterocycles. The summed E-state index contributed by atoms with van der Waals surface area (Å²) in [6.45, 7) is 2.71. The Bertz CT molecular complexity index is 1090. The van der Waals surface area contributed by atoms with E-state index in [1.165, 1.54) is 36.4 Å². The second-order valence-corrected chi connectivity index (χ2v) is 9.91. The van der Waals surface area contributed by atoms with Gasteiger partial charge in [0, 0.05) is 25.7 Å². The first-order chi connectivity index (χ1) is 15.7. The second-order valence-electron chi connectivity index (χ2n) is 7.92. The summed E-state index contributed by atoms with van der Waals surface area (Å²) < 4.78 is 35.7. The third kappa shape index (κ3) is 6.01. The SMILES string of the molecule is CCOC(=O)C1CCN(C(=O)CN(C)C(=O)c2occc2CS(=O)(=O)c2ccccc2)CC1. The molecule has 2 aromatic rings. The van der Waals surface area contributed by atoms with Crippen molar-refractivity contribution in [1.82, 2.24) is 9.80 Å². The van der Waals surface area contributed by atoms with Crippen LogP contribution in [-0.4, -0.2) is 69.3 Å². The van der Waals surface area contributed by atoms with E-state index in [2.05, 4.69) is 0 Å². The highest BCUT2D eigenvalue weighted by molar-refractivity contribution is 7.90. The van der Waals surface area contributed by atoms with Gasteiger partial charge in [0.15, 0.2) is 15.6 Å². The number of likely N-dealkylation sites (tertiary alicyclic amines) is 1. The lowest BCUT2D eigenvalue weighted by molar-refractivity contribution is -0.151. The highest BCUT2D eigenvalue weighted by Crippen LogP contribution is 2.22. The van der Waals surface area contributed by atoms with Gasteiger partial charge in [-0.05, 0) is 38.0 Å². The molecule has 0 spiro atoms. The molecular formula is C23H28N2O7S. The van der Waals surface area contributed by atoms with E-state index in [0.29, 0.717) is 32.5 Å². The van der Waals surface area contributed by atoms with Gasteiger partial charge in [0.2, 0.25) is 5.91 Å². The van der Waals surface area contributed by atoms with Crippen LogP contribution in [0, 0.1) is 5.92 Å². The number of carbonyl (C=O) groups excluding carboxylic acids is 3. The van der Waals surface area contributed by atoms with Gasteiger partial charge in [0.25, 0.3) is 5.91 Å². The lowest BCUT2D eigenvalue weighted by Gasteiger charge is -2.32. The molecule has 178 valence electrons. The normalized spacial score (nSPS) is 14.7. The maximum atomic E-state index is 12.9. The molecule has 0 aliphatic carbocycles. The van der Waals surface area contributed by atoms with Crippen LogP contribution in [0.2, 0.25) is 0 Å². The zero-order valence-corrected chi connectivity index (χ0v) is 19.5. The van der Waals surface area contributed by atoms with Crippen molar-refractivity contribution in [3.05, 3.63) is 54.0 Å². The molecular weight excluding hydrogens is 448 g/mol. The van der Waals surface area contributed by atoms with Crippen molar-refractivity contribution in [2.24, 2.45) is 5.92 Å². The minimum absolute atomic E-state index is 0.106. The molecule has 1 aliphatic rings. The van der Waals surface area contributed by atoms with E-state index < -0.39 is 21.5 Å². The Morgan fingerprint density at radius 3 is 2.42 bits per heavy atom. The minimum Gasteiger partial charge on any atom is -0.466 e. The molecule has 9 nitrogen and oxygen atoms in total. The molecule has 1 aromatic heterocycles. The van der Waals surface area contributed by atoms with E-state index in [1.54, 1.807) is 30.0 Å². The molecule has 1 fully saturated rings. The van der Waals surface area contributed by atoms with Crippen molar-refractivity contribution in [2.75, 3.05) is 33.3 Å². The number of likely N-dealkylation sites (N-methyl/N-ethyl adjacent to an activating group) is 1. The lowest BCUT2D eigenvalue weighted by Crippen LogP contribution is -2.45. The average molecular weight is 477 g/mol. The number of amides is 2. The van der Waals surface area contributed by atoms with Gasteiger partial charge in [-0.2, -0.15) is 0 Å². The molecule has 0 radical (unpaired) electrons. The predicted molar refractivity (Wildman–Crippen MR) is 119 cm³/mol. The van der Waals surface area contributed by atoms with E-state index in [1.807, 2.05) is 0 Å². The Balaban J connectivity index is 1.60. The second kappa shape index (κ2) is 10.7. The third-order valence-electron chi connectivity index (χ3n) is 5.58. The van der Waals surface area contributed by atoms with Crippen molar-refractivity contribution in [2.45, 2.75) is 30.4 Å². The molecule has 0 N–H and O–H groups in total. The molecule has 10 heteroatoms. The number of furan rings is 1.